The Labute approximate surface area is 114 Å². The number of anilines is 1. The summed E-state index contributed by atoms with van der Waals surface area (Å²) in [6.07, 6.45) is -5.43. The lowest BCUT2D eigenvalue weighted by atomic mass is 9.97. The molecule has 106 valence electrons. The first-order valence-electron chi connectivity index (χ1n) is 6.01. The highest BCUT2D eigenvalue weighted by molar-refractivity contribution is 5.56. The Bertz CT molecular complexity index is 606. The average molecular weight is 281 g/mol. The van der Waals surface area contributed by atoms with E-state index in [1.165, 1.54) is 12.1 Å². The molecule has 0 aliphatic heterocycles. The molecule has 2 aromatic rings. The number of para-hydroxylation sites is 1. The zero-order chi connectivity index (χ0) is 14.9. The van der Waals surface area contributed by atoms with E-state index in [0.717, 1.165) is 17.7 Å². The van der Waals surface area contributed by atoms with Crippen LogP contribution in [0.1, 0.15) is 28.4 Å². The van der Waals surface area contributed by atoms with Gasteiger partial charge in [-0.3, -0.25) is 0 Å². The molecule has 2 nitrogen and oxygen atoms in total. The number of hydrogen-bond acceptors (Lipinski definition) is 2. The maximum absolute atomic E-state index is 12.5. The molecule has 0 heterocycles. The quantitative estimate of drug-likeness (QED) is 0.825. The Morgan fingerprint density at radius 3 is 2.20 bits per heavy atom. The predicted octanol–water partition coefficient (Wildman–Crippen LogP) is 3.68. The van der Waals surface area contributed by atoms with Gasteiger partial charge < -0.3 is 10.8 Å². The van der Waals surface area contributed by atoms with E-state index in [1.54, 1.807) is 25.1 Å². The minimum Gasteiger partial charge on any atom is -0.398 e. The van der Waals surface area contributed by atoms with Gasteiger partial charge in [0.05, 0.1) is 5.56 Å². The molecule has 0 aliphatic rings. The van der Waals surface area contributed by atoms with E-state index in [0.29, 0.717) is 16.8 Å². The molecule has 5 heteroatoms. The van der Waals surface area contributed by atoms with E-state index in [9.17, 15) is 18.3 Å². The molecular weight excluding hydrogens is 267 g/mol. The van der Waals surface area contributed by atoms with Crippen molar-refractivity contribution in [3.8, 4) is 0 Å². The van der Waals surface area contributed by atoms with Crippen LogP contribution < -0.4 is 5.73 Å². The van der Waals surface area contributed by atoms with Crippen molar-refractivity contribution in [2.75, 3.05) is 5.73 Å². The van der Waals surface area contributed by atoms with Gasteiger partial charge in [-0.05, 0) is 30.2 Å². The molecule has 0 saturated carbocycles. The van der Waals surface area contributed by atoms with Gasteiger partial charge in [0.1, 0.15) is 6.10 Å². The summed E-state index contributed by atoms with van der Waals surface area (Å²) in [5, 5.41) is 10.2. The van der Waals surface area contributed by atoms with Crippen molar-refractivity contribution in [1.29, 1.82) is 0 Å². The van der Waals surface area contributed by atoms with Crippen molar-refractivity contribution in [2.24, 2.45) is 0 Å². The molecule has 1 unspecified atom stereocenters. The summed E-state index contributed by atoms with van der Waals surface area (Å²) in [6.45, 7) is 1.80. The summed E-state index contributed by atoms with van der Waals surface area (Å²) in [7, 11) is 0. The van der Waals surface area contributed by atoms with Gasteiger partial charge in [0, 0.05) is 11.3 Å². The number of aliphatic hydroxyl groups is 1. The molecule has 2 aromatic carbocycles. The van der Waals surface area contributed by atoms with Gasteiger partial charge in [0.15, 0.2) is 0 Å². The fraction of sp³-hybridized carbons (Fsp3) is 0.200. The number of nitrogens with two attached hydrogens (primary N) is 1. The van der Waals surface area contributed by atoms with Crippen molar-refractivity contribution >= 4 is 5.69 Å². The Morgan fingerprint density at radius 2 is 1.65 bits per heavy atom. The number of benzene rings is 2. The molecule has 0 saturated heterocycles. The lowest BCUT2D eigenvalue weighted by molar-refractivity contribution is -0.137. The maximum Gasteiger partial charge on any atom is 0.416 e. The molecule has 20 heavy (non-hydrogen) atoms. The standard InChI is InChI=1S/C15H14F3NO/c1-9-3-2-4-12(13(9)19)14(20)10-5-7-11(8-6-10)15(16,17)18/h2-8,14,20H,19H2,1H3. The Kier molecular flexibility index (Phi) is 3.72. The van der Waals surface area contributed by atoms with E-state index in [2.05, 4.69) is 0 Å². The topological polar surface area (TPSA) is 46.2 Å². The van der Waals surface area contributed by atoms with Crippen LogP contribution in [0.15, 0.2) is 42.5 Å². The van der Waals surface area contributed by atoms with Crippen LogP contribution in [0.2, 0.25) is 0 Å². The van der Waals surface area contributed by atoms with Crippen LogP contribution in [-0.2, 0) is 6.18 Å². The maximum atomic E-state index is 12.5. The summed E-state index contributed by atoms with van der Waals surface area (Å²) in [5.41, 5.74) is 7.25. The molecule has 1 atom stereocenters. The smallest absolute Gasteiger partial charge is 0.398 e. The highest BCUT2D eigenvalue weighted by atomic mass is 19.4. The number of aliphatic hydroxyl groups excluding tert-OH is 1. The van der Waals surface area contributed by atoms with E-state index in [1.807, 2.05) is 0 Å². The monoisotopic (exact) mass is 281 g/mol. The molecule has 0 amide bonds. The van der Waals surface area contributed by atoms with Gasteiger partial charge in [-0.1, -0.05) is 30.3 Å². The van der Waals surface area contributed by atoms with Gasteiger partial charge in [-0.25, -0.2) is 0 Å². The summed E-state index contributed by atoms with van der Waals surface area (Å²) in [5.74, 6) is 0. The first-order valence-corrected chi connectivity index (χ1v) is 6.01. The average Bonchev–Trinajstić information content (AvgIpc) is 2.40. The van der Waals surface area contributed by atoms with Crippen molar-refractivity contribution in [2.45, 2.75) is 19.2 Å². The SMILES string of the molecule is Cc1cccc(C(O)c2ccc(C(F)(F)F)cc2)c1N. The third-order valence-corrected chi connectivity index (χ3v) is 3.21. The van der Waals surface area contributed by atoms with Crippen molar-refractivity contribution in [1.82, 2.24) is 0 Å². The zero-order valence-electron chi connectivity index (χ0n) is 10.8. The van der Waals surface area contributed by atoms with Crippen LogP contribution in [-0.4, -0.2) is 5.11 Å². The lowest BCUT2D eigenvalue weighted by Gasteiger charge is -2.16. The first-order chi connectivity index (χ1) is 9.30. The number of hydrogen-bond donors (Lipinski definition) is 2. The van der Waals surface area contributed by atoms with E-state index >= 15 is 0 Å². The molecule has 0 aromatic heterocycles. The summed E-state index contributed by atoms with van der Waals surface area (Å²) >= 11 is 0. The van der Waals surface area contributed by atoms with Gasteiger partial charge in [-0.2, -0.15) is 13.2 Å². The van der Waals surface area contributed by atoms with Crippen molar-refractivity contribution < 1.29 is 18.3 Å². The molecule has 0 aliphatic carbocycles. The van der Waals surface area contributed by atoms with E-state index in [-0.39, 0.29) is 0 Å². The van der Waals surface area contributed by atoms with E-state index < -0.39 is 17.8 Å². The van der Waals surface area contributed by atoms with Crippen LogP contribution in [0, 0.1) is 6.92 Å². The first kappa shape index (κ1) is 14.4. The van der Waals surface area contributed by atoms with Crippen LogP contribution >= 0.6 is 0 Å². The highest BCUT2D eigenvalue weighted by Gasteiger charge is 2.30. The molecule has 0 bridgehead atoms. The molecule has 0 radical (unpaired) electrons. The number of aryl methyl sites for hydroxylation is 1. The molecular formula is C15H14F3NO. The van der Waals surface area contributed by atoms with Crippen LogP contribution in [0.25, 0.3) is 0 Å². The fourth-order valence-corrected chi connectivity index (χ4v) is 1.98. The molecule has 3 N–H and O–H groups in total. The Balaban J connectivity index is 2.34. The highest BCUT2D eigenvalue weighted by Crippen LogP contribution is 2.32. The van der Waals surface area contributed by atoms with Crippen LogP contribution in [0.4, 0.5) is 18.9 Å². The number of halogens is 3. The van der Waals surface area contributed by atoms with Crippen LogP contribution in [0.5, 0.6) is 0 Å². The number of rotatable bonds is 2. The predicted molar refractivity (Wildman–Crippen MR) is 71.1 cm³/mol. The number of alkyl halides is 3. The normalized spacial score (nSPS) is 13.2. The minimum atomic E-state index is -4.38. The minimum absolute atomic E-state index is 0.371. The van der Waals surface area contributed by atoms with Crippen molar-refractivity contribution in [3.63, 3.8) is 0 Å². The molecule has 0 fully saturated rings. The summed E-state index contributed by atoms with van der Waals surface area (Å²) in [6, 6.07) is 9.62. The molecule has 0 spiro atoms. The third kappa shape index (κ3) is 2.77. The summed E-state index contributed by atoms with van der Waals surface area (Å²) < 4.78 is 37.4. The van der Waals surface area contributed by atoms with Gasteiger partial charge in [0.2, 0.25) is 0 Å². The second kappa shape index (κ2) is 5.17. The Hall–Kier alpha value is -2.01. The van der Waals surface area contributed by atoms with Crippen molar-refractivity contribution in [3.05, 3.63) is 64.7 Å². The van der Waals surface area contributed by atoms with Crippen LogP contribution in [0.3, 0.4) is 0 Å². The summed E-state index contributed by atoms with van der Waals surface area (Å²) in [4.78, 5) is 0. The lowest BCUT2D eigenvalue weighted by Crippen LogP contribution is -2.07. The third-order valence-electron chi connectivity index (χ3n) is 3.21. The second-order valence-electron chi connectivity index (χ2n) is 4.60. The zero-order valence-corrected chi connectivity index (χ0v) is 10.8. The molecule has 2 rings (SSSR count). The van der Waals surface area contributed by atoms with Gasteiger partial charge in [0.25, 0.3) is 0 Å². The van der Waals surface area contributed by atoms with E-state index in [4.69, 9.17) is 5.73 Å². The van der Waals surface area contributed by atoms with Gasteiger partial charge >= 0.3 is 6.18 Å². The fourth-order valence-electron chi connectivity index (χ4n) is 1.98. The Morgan fingerprint density at radius 1 is 1.05 bits per heavy atom. The second-order valence-corrected chi connectivity index (χ2v) is 4.60. The van der Waals surface area contributed by atoms with Gasteiger partial charge in [-0.15, -0.1) is 0 Å². The number of nitrogen functional groups attached to an aromatic ring is 1. The largest absolute Gasteiger partial charge is 0.416 e.